The van der Waals surface area contributed by atoms with Crippen molar-refractivity contribution in [2.45, 2.75) is 62.6 Å². The molecule has 1 atom stereocenters. The molecule has 1 saturated carbocycles. The zero-order valence-electron chi connectivity index (χ0n) is 22.3. The maximum absolute atomic E-state index is 14.7. The Bertz CT molecular complexity index is 1410. The Morgan fingerprint density at radius 2 is 1.57 bits per heavy atom. The lowest BCUT2D eigenvalue weighted by molar-refractivity contribution is -0.139. The van der Waals surface area contributed by atoms with Gasteiger partial charge in [-0.25, -0.2) is 12.8 Å². The molecule has 0 aromatic heterocycles. The Balaban J connectivity index is 1.67. The maximum atomic E-state index is 14.7. The van der Waals surface area contributed by atoms with Crippen LogP contribution in [0, 0.1) is 5.82 Å². The molecule has 1 N–H and O–H groups in total. The lowest BCUT2D eigenvalue weighted by Gasteiger charge is -2.33. The number of anilines is 1. The quantitative estimate of drug-likeness (QED) is 0.338. The summed E-state index contributed by atoms with van der Waals surface area (Å²) >= 11 is 6.04. The van der Waals surface area contributed by atoms with Crippen LogP contribution >= 0.6 is 11.6 Å². The first-order chi connectivity index (χ1) is 19.2. The van der Waals surface area contributed by atoms with Crippen LogP contribution in [0.25, 0.3) is 0 Å². The number of hydrogen-bond donors (Lipinski definition) is 1. The van der Waals surface area contributed by atoms with E-state index in [0.717, 1.165) is 36.4 Å². The summed E-state index contributed by atoms with van der Waals surface area (Å²) in [4.78, 5) is 28.5. The molecule has 1 fully saturated rings. The molecule has 40 heavy (non-hydrogen) atoms. The third-order valence-electron chi connectivity index (χ3n) is 7.14. The highest BCUT2D eigenvalue weighted by molar-refractivity contribution is 7.92. The van der Waals surface area contributed by atoms with E-state index in [1.165, 1.54) is 47.4 Å². The highest BCUT2D eigenvalue weighted by Crippen LogP contribution is 2.26. The van der Waals surface area contributed by atoms with E-state index in [9.17, 15) is 22.4 Å². The number of sulfonamides is 1. The minimum Gasteiger partial charge on any atom is -0.352 e. The number of amides is 2. The van der Waals surface area contributed by atoms with Crippen molar-refractivity contribution >= 4 is 39.1 Å². The van der Waals surface area contributed by atoms with Crippen LogP contribution in [-0.4, -0.2) is 43.8 Å². The van der Waals surface area contributed by atoms with Gasteiger partial charge >= 0.3 is 0 Å². The van der Waals surface area contributed by atoms with Gasteiger partial charge in [0, 0.05) is 23.2 Å². The van der Waals surface area contributed by atoms with E-state index in [-0.39, 0.29) is 34.6 Å². The Hall–Kier alpha value is -3.43. The second-order valence-electron chi connectivity index (χ2n) is 9.93. The van der Waals surface area contributed by atoms with E-state index >= 15 is 0 Å². The van der Waals surface area contributed by atoms with Crippen molar-refractivity contribution in [3.8, 4) is 0 Å². The van der Waals surface area contributed by atoms with E-state index < -0.39 is 34.3 Å². The van der Waals surface area contributed by atoms with Gasteiger partial charge in [-0.2, -0.15) is 0 Å². The summed E-state index contributed by atoms with van der Waals surface area (Å²) in [6.45, 7) is 0.772. The first-order valence-electron chi connectivity index (χ1n) is 13.3. The first kappa shape index (κ1) is 29.6. The smallest absolute Gasteiger partial charge is 0.264 e. The number of benzene rings is 3. The summed E-state index contributed by atoms with van der Waals surface area (Å²) < 4.78 is 43.1. The number of hydrogen-bond acceptors (Lipinski definition) is 4. The van der Waals surface area contributed by atoms with Gasteiger partial charge in [0.05, 0.1) is 10.6 Å². The Labute approximate surface area is 240 Å². The van der Waals surface area contributed by atoms with Crippen LogP contribution in [0.3, 0.4) is 0 Å². The average molecular weight is 586 g/mol. The van der Waals surface area contributed by atoms with Crippen LogP contribution in [0.15, 0.2) is 83.8 Å². The van der Waals surface area contributed by atoms with E-state index in [2.05, 4.69) is 5.32 Å². The summed E-state index contributed by atoms with van der Waals surface area (Å²) in [7, 11) is -4.18. The fraction of sp³-hybridized carbons (Fsp3) is 0.333. The molecule has 0 spiro atoms. The summed E-state index contributed by atoms with van der Waals surface area (Å²) in [6.07, 6.45) is 4.88. The fourth-order valence-electron chi connectivity index (χ4n) is 4.82. The summed E-state index contributed by atoms with van der Waals surface area (Å²) in [5.74, 6) is -1.53. The van der Waals surface area contributed by atoms with Crippen molar-refractivity contribution in [1.82, 2.24) is 10.2 Å². The van der Waals surface area contributed by atoms with Crippen molar-refractivity contribution in [2.24, 2.45) is 0 Å². The van der Waals surface area contributed by atoms with Crippen LogP contribution in [0.4, 0.5) is 10.1 Å². The standard InChI is InChI=1S/C30H33ClFN3O4S/c1-22(30(37)33-25-11-4-2-5-12-25)34(20-23-10-8-9-15-28(23)32)29(36)21-35(26-18-16-24(31)17-19-26)40(38,39)27-13-6-3-7-14-27/h3,6-10,13-19,22,25H,2,4-5,11-12,20-21H2,1H3,(H,33,37)/t22-/m0/s1. The number of halogens is 2. The molecule has 1 aliphatic carbocycles. The average Bonchev–Trinajstić information content (AvgIpc) is 2.96. The van der Waals surface area contributed by atoms with Crippen LogP contribution in [0.1, 0.15) is 44.6 Å². The molecular weight excluding hydrogens is 553 g/mol. The second kappa shape index (κ2) is 13.3. The Kier molecular flexibility index (Phi) is 9.81. The van der Waals surface area contributed by atoms with Crippen molar-refractivity contribution in [1.29, 1.82) is 0 Å². The van der Waals surface area contributed by atoms with Crippen LogP contribution < -0.4 is 9.62 Å². The van der Waals surface area contributed by atoms with Gasteiger partial charge in [0.2, 0.25) is 11.8 Å². The van der Waals surface area contributed by atoms with Crippen molar-refractivity contribution in [3.63, 3.8) is 0 Å². The molecule has 0 saturated heterocycles. The zero-order chi connectivity index (χ0) is 28.7. The summed E-state index contributed by atoms with van der Waals surface area (Å²) in [5, 5.41) is 3.43. The lowest BCUT2D eigenvalue weighted by atomic mass is 9.95. The molecule has 1 aliphatic rings. The number of rotatable bonds is 10. The van der Waals surface area contributed by atoms with Gasteiger partial charge in [0.25, 0.3) is 10.0 Å². The highest BCUT2D eigenvalue weighted by atomic mass is 35.5. The molecule has 3 aromatic rings. The SMILES string of the molecule is C[C@@H](C(=O)NC1CCCCC1)N(Cc1ccccc1F)C(=O)CN(c1ccc(Cl)cc1)S(=O)(=O)c1ccccc1. The molecule has 4 rings (SSSR count). The number of nitrogens with one attached hydrogen (secondary N) is 1. The molecule has 3 aromatic carbocycles. The van der Waals surface area contributed by atoms with Crippen LogP contribution in [0.5, 0.6) is 0 Å². The molecule has 0 bridgehead atoms. The highest BCUT2D eigenvalue weighted by Gasteiger charge is 2.33. The molecule has 0 aliphatic heterocycles. The van der Waals surface area contributed by atoms with Gasteiger partial charge in [-0.15, -0.1) is 0 Å². The van der Waals surface area contributed by atoms with Crippen molar-refractivity contribution in [3.05, 3.63) is 95.3 Å². The van der Waals surface area contributed by atoms with E-state index in [4.69, 9.17) is 11.6 Å². The third kappa shape index (κ3) is 7.20. The number of carbonyl (C=O) groups is 2. The Morgan fingerprint density at radius 1 is 0.950 bits per heavy atom. The van der Waals surface area contributed by atoms with Gasteiger partial charge in [0.15, 0.2) is 0 Å². The molecule has 10 heteroatoms. The zero-order valence-corrected chi connectivity index (χ0v) is 23.9. The summed E-state index contributed by atoms with van der Waals surface area (Å²) in [6, 6.07) is 18.9. The lowest BCUT2D eigenvalue weighted by Crippen LogP contribution is -2.53. The Morgan fingerprint density at radius 3 is 2.23 bits per heavy atom. The fourth-order valence-corrected chi connectivity index (χ4v) is 6.38. The van der Waals surface area contributed by atoms with Crippen LogP contribution in [-0.2, 0) is 26.2 Å². The second-order valence-corrected chi connectivity index (χ2v) is 12.2. The monoisotopic (exact) mass is 585 g/mol. The van der Waals surface area contributed by atoms with Gasteiger partial charge < -0.3 is 10.2 Å². The molecule has 212 valence electrons. The number of carbonyl (C=O) groups excluding carboxylic acids is 2. The van der Waals surface area contributed by atoms with Crippen molar-refractivity contribution in [2.75, 3.05) is 10.8 Å². The maximum Gasteiger partial charge on any atom is 0.264 e. The largest absolute Gasteiger partial charge is 0.352 e. The molecular formula is C30H33ClFN3O4S. The molecule has 0 radical (unpaired) electrons. The third-order valence-corrected chi connectivity index (χ3v) is 9.18. The minimum atomic E-state index is -4.18. The van der Waals surface area contributed by atoms with E-state index in [0.29, 0.717) is 5.02 Å². The first-order valence-corrected chi connectivity index (χ1v) is 15.1. The van der Waals surface area contributed by atoms with E-state index in [1.54, 1.807) is 43.3 Å². The number of nitrogens with zero attached hydrogens (tertiary/aromatic N) is 2. The van der Waals surface area contributed by atoms with Gasteiger partial charge in [-0.05, 0) is 62.2 Å². The summed E-state index contributed by atoms with van der Waals surface area (Å²) in [5.41, 5.74) is 0.448. The predicted molar refractivity (Wildman–Crippen MR) is 154 cm³/mol. The van der Waals surface area contributed by atoms with Crippen LogP contribution in [0.2, 0.25) is 5.02 Å². The molecule has 0 unspecified atom stereocenters. The molecule has 7 nitrogen and oxygen atoms in total. The topological polar surface area (TPSA) is 86.8 Å². The van der Waals surface area contributed by atoms with E-state index in [1.807, 2.05) is 0 Å². The van der Waals surface area contributed by atoms with Gasteiger partial charge in [-0.1, -0.05) is 67.3 Å². The van der Waals surface area contributed by atoms with Gasteiger partial charge in [0.1, 0.15) is 18.4 Å². The normalized spacial score (nSPS) is 14.8. The predicted octanol–water partition coefficient (Wildman–Crippen LogP) is 5.54. The molecule has 2 amide bonds. The van der Waals surface area contributed by atoms with Gasteiger partial charge in [-0.3, -0.25) is 13.9 Å². The minimum absolute atomic E-state index is 0.00138. The van der Waals surface area contributed by atoms with Crippen molar-refractivity contribution < 1.29 is 22.4 Å². The molecule has 0 heterocycles.